The Kier molecular flexibility index (Phi) is 5.79. The van der Waals surface area contributed by atoms with Gasteiger partial charge in [-0.15, -0.1) is 11.3 Å². The van der Waals surface area contributed by atoms with Gasteiger partial charge in [-0.2, -0.15) is 0 Å². The van der Waals surface area contributed by atoms with Gasteiger partial charge in [0.2, 0.25) is 5.91 Å². The number of aryl methyl sites for hydroxylation is 1. The third kappa shape index (κ3) is 4.57. The number of benzene rings is 1. The lowest BCUT2D eigenvalue weighted by molar-refractivity contribution is -0.123. The minimum atomic E-state index is -0.479. The first-order chi connectivity index (χ1) is 13.3. The first-order valence-electron chi connectivity index (χ1n) is 9.28. The van der Waals surface area contributed by atoms with E-state index in [0.717, 1.165) is 22.0 Å². The first kappa shape index (κ1) is 20.0. The van der Waals surface area contributed by atoms with Crippen LogP contribution in [0, 0.1) is 12.3 Å². The van der Waals surface area contributed by atoms with Crippen molar-refractivity contribution >= 4 is 39.1 Å². The number of aromatic nitrogens is 1. The second-order valence-corrected chi connectivity index (χ2v) is 8.88. The van der Waals surface area contributed by atoms with Crippen molar-refractivity contribution in [3.05, 3.63) is 58.6 Å². The van der Waals surface area contributed by atoms with Crippen molar-refractivity contribution < 1.29 is 9.59 Å². The van der Waals surface area contributed by atoms with Crippen LogP contribution in [0.15, 0.2) is 42.6 Å². The zero-order chi connectivity index (χ0) is 20.3. The van der Waals surface area contributed by atoms with E-state index in [0.29, 0.717) is 22.8 Å². The normalized spacial score (nSPS) is 11.4. The maximum Gasteiger partial charge on any atom is 0.261 e. The van der Waals surface area contributed by atoms with Crippen molar-refractivity contribution in [1.82, 2.24) is 10.3 Å². The molecule has 0 atom stereocenters. The van der Waals surface area contributed by atoms with Crippen molar-refractivity contribution in [2.45, 2.75) is 34.1 Å². The summed E-state index contributed by atoms with van der Waals surface area (Å²) in [6.45, 7) is 7.98. The lowest BCUT2D eigenvalue weighted by Gasteiger charge is -2.16. The monoisotopic (exact) mass is 395 g/mol. The Balaban J connectivity index is 1.63. The molecular weight excluding hydrogens is 370 g/mol. The van der Waals surface area contributed by atoms with Crippen LogP contribution in [0.4, 0.5) is 5.00 Å². The van der Waals surface area contributed by atoms with Crippen LogP contribution >= 0.6 is 11.3 Å². The van der Waals surface area contributed by atoms with E-state index >= 15 is 0 Å². The molecule has 0 aliphatic carbocycles. The topological polar surface area (TPSA) is 71.1 Å². The SMILES string of the molecule is Cc1cc(NC(=O)C(C)(C)C)sc1C(=O)NCCc1cccc2cccnc12. The van der Waals surface area contributed by atoms with Crippen LogP contribution in [0.2, 0.25) is 0 Å². The standard InChI is InChI=1S/C22H25N3O2S/c1-14-13-17(25-21(27)22(2,3)4)28-19(14)20(26)24-12-10-16-8-5-7-15-9-6-11-23-18(15)16/h5-9,11,13H,10,12H2,1-4H3,(H,24,26)(H,25,27). The van der Waals surface area contributed by atoms with Crippen molar-refractivity contribution in [2.24, 2.45) is 5.41 Å². The summed E-state index contributed by atoms with van der Waals surface area (Å²) in [6.07, 6.45) is 2.49. The molecule has 6 heteroatoms. The number of thiophene rings is 1. The van der Waals surface area contributed by atoms with Crippen LogP contribution in [0.25, 0.3) is 10.9 Å². The molecule has 0 fully saturated rings. The summed E-state index contributed by atoms with van der Waals surface area (Å²) in [5, 5.41) is 7.66. The summed E-state index contributed by atoms with van der Waals surface area (Å²) in [4.78, 5) is 29.8. The number of nitrogens with one attached hydrogen (secondary N) is 2. The maximum atomic E-state index is 12.6. The van der Waals surface area contributed by atoms with Gasteiger partial charge in [0.25, 0.3) is 5.91 Å². The van der Waals surface area contributed by atoms with Crippen LogP contribution in [0.1, 0.15) is 41.6 Å². The van der Waals surface area contributed by atoms with Crippen LogP contribution in [0.3, 0.4) is 0 Å². The Morgan fingerprint density at radius 2 is 1.89 bits per heavy atom. The Hall–Kier alpha value is -2.73. The summed E-state index contributed by atoms with van der Waals surface area (Å²) in [5.74, 6) is -0.184. The molecule has 3 aromatic rings. The first-order valence-corrected chi connectivity index (χ1v) is 10.1. The van der Waals surface area contributed by atoms with Crippen molar-refractivity contribution in [1.29, 1.82) is 0 Å². The highest BCUT2D eigenvalue weighted by Crippen LogP contribution is 2.28. The highest BCUT2D eigenvalue weighted by atomic mass is 32.1. The zero-order valence-electron chi connectivity index (χ0n) is 16.6. The molecule has 0 radical (unpaired) electrons. The molecule has 0 aliphatic heterocycles. The molecule has 5 nitrogen and oxygen atoms in total. The molecule has 0 saturated carbocycles. The lowest BCUT2D eigenvalue weighted by atomic mass is 9.96. The van der Waals surface area contributed by atoms with Gasteiger partial charge in [0, 0.05) is 23.5 Å². The van der Waals surface area contributed by atoms with Gasteiger partial charge in [0.05, 0.1) is 15.4 Å². The van der Waals surface area contributed by atoms with Crippen molar-refractivity contribution in [3.63, 3.8) is 0 Å². The number of hydrogen-bond donors (Lipinski definition) is 2. The van der Waals surface area contributed by atoms with Crippen LogP contribution in [-0.4, -0.2) is 23.3 Å². The molecule has 3 rings (SSSR count). The molecule has 2 aromatic heterocycles. The Morgan fingerprint density at radius 3 is 2.64 bits per heavy atom. The van der Waals surface area contributed by atoms with Gasteiger partial charge in [0.15, 0.2) is 0 Å². The van der Waals surface area contributed by atoms with Gasteiger partial charge >= 0.3 is 0 Å². The third-order valence-corrected chi connectivity index (χ3v) is 5.59. The molecule has 2 N–H and O–H groups in total. The molecule has 146 valence electrons. The minimum Gasteiger partial charge on any atom is -0.351 e. The van der Waals surface area contributed by atoms with Gasteiger partial charge in [-0.1, -0.05) is 45.0 Å². The fraction of sp³-hybridized carbons (Fsp3) is 0.318. The zero-order valence-corrected chi connectivity index (χ0v) is 17.4. The number of para-hydroxylation sites is 1. The quantitative estimate of drug-likeness (QED) is 0.665. The van der Waals surface area contributed by atoms with Gasteiger partial charge in [-0.25, -0.2) is 0 Å². The number of amides is 2. The highest BCUT2D eigenvalue weighted by Gasteiger charge is 2.23. The number of carbonyl (C=O) groups is 2. The second-order valence-electron chi connectivity index (χ2n) is 7.83. The Labute approximate surface area is 169 Å². The average molecular weight is 396 g/mol. The van der Waals surface area contributed by atoms with E-state index in [4.69, 9.17) is 0 Å². The molecule has 1 aromatic carbocycles. The van der Waals surface area contributed by atoms with E-state index < -0.39 is 5.41 Å². The number of carbonyl (C=O) groups excluding carboxylic acids is 2. The fourth-order valence-corrected chi connectivity index (χ4v) is 3.81. The van der Waals surface area contributed by atoms with Crippen LogP contribution in [0.5, 0.6) is 0 Å². The van der Waals surface area contributed by atoms with Crippen molar-refractivity contribution in [2.75, 3.05) is 11.9 Å². The molecule has 0 bridgehead atoms. The highest BCUT2D eigenvalue weighted by molar-refractivity contribution is 7.18. The van der Waals surface area contributed by atoms with E-state index in [9.17, 15) is 9.59 Å². The summed E-state index contributed by atoms with van der Waals surface area (Å²) in [5.41, 5.74) is 2.46. The van der Waals surface area contributed by atoms with Gasteiger partial charge in [-0.05, 0) is 36.6 Å². The van der Waals surface area contributed by atoms with Crippen LogP contribution < -0.4 is 10.6 Å². The Morgan fingerprint density at radius 1 is 1.14 bits per heavy atom. The van der Waals surface area contributed by atoms with Gasteiger partial charge < -0.3 is 10.6 Å². The third-order valence-electron chi connectivity index (χ3n) is 4.44. The largest absolute Gasteiger partial charge is 0.351 e. The molecule has 28 heavy (non-hydrogen) atoms. The van der Waals surface area contributed by atoms with Crippen molar-refractivity contribution in [3.8, 4) is 0 Å². The predicted octanol–water partition coefficient (Wildman–Crippen LogP) is 4.56. The number of anilines is 1. The van der Waals surface area contributed by atoms with E-state index in [1.54, 1.807) is 6.20 Å². The lowest BCUT2D eigenvalue weighted by Crippen LogP contribution is -2.27. The number of nitrogens with zero attached hydrogens (tertiary/aromatic N) is 1. The van der Waals surface area contributed by atoms with Crippen LogP contribution in [-0.2, 0) is 11.2 Å². The maximum absolute atomic E-state index is 12.6. The average Bonchev–Trinajstić information content (AvgIpc) is 3.01. The molecule has 2 amide bonds. The molecule has 0 aliphatic rings. The Bertz CT molecular complexity index is 1010. The molecule has 0 spiro atoms. The van der Waals surface area contributed by atoms with E-state index in [1.807, 2.05) is 64.1 Å². The number of hydrogen-bond acceptors (Lipinski definition) is 4. The van der Waals surface area contributed by atoms with Gasteiger partial charge in [0.1, 0.15) is 0 Å². The molecular formula is C22H25N3O2S. The summed E-state index contributed by atoms with van der Waals surface area (Å²) in [6, 6.07) is 11.9. The van der Waals surface area contributed by atoms with E-state index in [-0.39, 0.29) is 11.8 Å². The van der Waals surface area contributed by atoms with Gasteiger partial charge in [-0.3, -0.25) is 14.6 Å². The number of pyridine rings is 1. The second kappa shape index (κ2) is 8.10. The molecule has 0 saturated heterocycles. The number of fused-ring (bicyclic) bond motifs is 1. The van der Waals surface area contributed by atoms with E-state index in [1.165, 1.54) is 11.3 Å². The minimum absolute atomic E-state index is 0.0656. The molecule has 0 unspecified atom stereocenters. The summed E-state index contributed by atoms with van der Waals surface area (Å²) in [7, 11) is 0. The van der Waals surface area contributed by atoms with E-state index in [2.05, 4.69) is 15.6 Å². The predicted molar refractivity (Wildman–Crippen MR) is 115 cm³/mol. The smallest absolute Gasteiger partial charge is 0.261 e. The fourth-order valence-electron chi connectivity index (χ4n) is 2.83. The summed E-state index contributed by atoms with van der Waals surface area (Å²) < 4.78 is 0. The summed E-state index contributed by atoms with van der Waals surface area (Å²) >= 11 is 1.30. The molecule has 2 heterocycles. The number of rotatable bonds is 5.